The molecule has 1 unspecified atom stereocenters. The second-order valence-electron chi connectivity index (χ2n) is 4.42. The highest BCUT2D eigenvalue weighted by molar-refractivity contribution is 5.30. The molecule has 0 aromatic heterocycles. The van der Waals surface area contributed by atoms with Crippen LogP contribution in [-0.2, 0) is 0 Å². The molecule has 0 bridgehead atoms. The number of allylic oxidation sites excluding steroid dienone is 1. The van der Waals surface area contributed by atoms with Crippen molar-refractivity contribution in [1.29, 1.82) is 0 Å². The Morgan fingerprint density at radius 2 is 1.75 bits per heavy atom. The fourth-order valence-electron chi connectivity index (χ4n) is 1.43. The fourth-order valence-corrected chi connectivity index (χ4v) is 1.43. The second kappa shape index (κ2) is 5.71. The van der Waals surface area contributed by atoms with Crippen LogP contribution in [-0.4, -0.2) is 11.2 Å². The molecule has 1 aromatic rings. The summed E-state index contributed by atoms with van der Waals surface area (Å²) in [6.45, 7) is 7.93. The molecule has 0 amide bonds. The van der Waals surface area contributed by atoms with Gasteiger partial charge in [0.25, 0.3) is 0 Å². The first kappa shape index (κ1) is 12.8. The molecule has 2 heteroatoms. The molecule has 0 aliphatic heterocycles. The lowest BCUT2D eigenvalue weighted by molar-refractivity contribution is 0.226. The molecule has 0 spiro atoms. The Hall–Kier alpha value is -1.28. The average molecular weight is 220 g/mol. The lowest BCUT2D eigenvalue weighted by atomic mass is 10.1. The van der Waals surface area contributed by atoms with E-state index in [0.717, 1.165) is 16.9 Å². The Balaban J connectivity index is 2.74. The first-order valence-corrected chi connectivity index (χ1v) is 5.58. The largest absolute Gasteiger partial charge is 0.491 e. The van der Waals surface area contributed by atoms with Crippen LogP contribution in [0.3, 0.4) is 0 Å². The zero-order chi connectivity index (χ0) is 12.1. The Morgan fingerprint density at radius 1 is 1.19 bits per heavy atom. The Labute approximate surface area is 97.6 Å². The van der Waals surface area contributed by atoms with Crippen LogP contribution in [0.15, 0.2) is 35.9 Å². The number of ether oxygens (including phenoxy) is 1. The van der Waals surface area contributed by atoms with Crippen molar-refractivity contribution in [3.63, 3.8) is 0 Å². The molecular weight excluding hydrogens is 200 g/mol. The molecule has 0 fully saturated rings. The van der Waals surface area contributed by atoms with Gasteiger partial charge < -0.3 is 9.84 Å². The van der Waals surface area contributed by atoms with Gasteiger partial charge in [0.05, 0.1) is 12.2 Å². The third kappa shape index (κ3) is 4.07. The van der Waals surface area contributed by atoms with Crippen LogP contribution >= 0.6 is 0 Å². The van der Waals surface area contributed by atoms with Crippen molar-refractivity contribution in [2.45, 2.75) is 39.9 Å². The Morgan fingerprint density at radius 3 is 2.19 bits per heavy atom. The average Bonchev–Trinajstić information content (AvgIpc) is 2.16. The summed E-state index contributed by atoms with van der Waals surface area (Å²) in [7, 11) is 0. The van der Waals surface area contributed by atoms with Crippen LogP contribution in [0.5, 0.6) is 5.75 Å². The van der Waals surface area contributed by atoms with E-state index in [1.807, 2.05) is 58.0 Å². The highest BCUT2D eigenvalue weighted by Crippen LogP contribution is 2.20. The molecule has 1 N–H and O–H groups in total. The van der Waals surface area contributed by atoms with Crippen molar-refractivity contribution in [1.82, 2.24) is 0 Å². The summed E-state index contributed by atoms with van der Waals surface area (Å²) < 4.78 is 5.53. The van der Waals surface area contributed by atoms with Crippen molar-refractivity contribution in [2.24, 2.45) is 0 Å². The molecule has 0 aliphatic carbocycles. The highest BCUT2D eigenvalue weighted by Gasteiger charge is 2.04. The van der Waals surface area contributed by atoms with Crippen LogP contribution in [0.25, 0.3) is 0 Å². The highest BCUT2D eigenvalue weighted by atomic mass is 16.5. The third-order valence-electron chi connectivity index (χ3n) is 2.08. The maximum atomic E-state index is 9.85. The predicted octanol–water partition coefficient (Wildman–Crippen LogP) is 3.47. The maximum absolute atomic E-state index is 9.85. The summed E-state index contributed by atoms with van der Waals surface area (Å²) in [6.07, 6.45) is 1.48. The van der Waals surface area contributed by atoms with Gasteiger partial charge >= 0.3 is 0 Å². The van der Waals surface area contributed by atoms with Crippen molar-refractivity contribution in [2.75, 3.05) is 0 Å². The minimum absolute atomic E-state index is 0.175. The van der Waals surface area contributed by atoms with E-state index in [9.17, 15) is 5.11 Å². The predicted molar refractivity (Wildman–Crippen MR) is 66.6 cm³/mol. The van der Waals surface area contributed by atoms with Crippen LogP contribution in [0, 0.1) is 0 Å². The van der Waals surface area contributed by atoms with Crippen LogP contribution in [0.1, 0.15) is 39.4 Å². The first-order valence-electron chi connectivity index (χ1n) is 5.58. The number of aliphatic hydroxyl groups excluding tert-OH is 1. The molecule has 88 valence electrons. The number of hydrogen-bond donors (Lipinski definition) is 1. The normalized spacial score (nSPS) is 12.4. The fraction of sp³-hybridized carbons (Fsp3) is 0.429. The monoisotopic (exact) mass is 220 g/mol. The molecule has 0 saturated heterocycles. The van der Waals surface area contributed by atoms with Gasteiger partial charge in [-0.3, -0.25) is 0 Å². The summed E-state index contributed by atoms with van der Waals surface area (Å²) in [6, 6.07) is 7.55. The van der Waals surface area contributed by atoms with E-state index in [-0.39, 0.29) is 6.10 Å². The quantitative estimate of drug-likeness (QED) is 0.787. The van der Waals surface area contributed by atoms with E-state index in [1.54, 1.807) is 0 Å². The topological polar surface area (TPSA) is 29.5 Å². The number of benzene rings is 1. The van der Waals surface area contributed by atoms with Gasteiger partial charge in [0, 0.05) is 0 Å². The zero-order valence-corrected chi connectivity index (χ0v) is 10.4. The smallest absolute Gasteiger partial charge is 0.119 e. The van der Waals surface area contributed by atoms with Crippen molar-refractivity contribution in [3.8, 4) is 5.75 Å². The minimum Gasteiger partial charge on any atom is -0.491 e. The van der Waals surface area contributed by atoms with Crippen molar-refractivity contribution in [3.05, 3.63) is 41.5 Å². The van der Waals surface area contributed by atoms with Crippen LogP contribution < -0.4 is 4.74 Å². The lowest BCUT2D eigenvalue weighted by Gasteiger charge is -2.11. The second-order valence-corrected chi connectivity index (χ2v) is 4.42. The summed E-state index contributed by atoms with van der Waals surface area (Å²) in [4.78, 5) is 0. The standard InChI is InChI=1S/C14H20O2/c1-10(2)9-14(15)12-5-7-13(8-6-12)16-11(3)4/h5-9,11,14-15H,1-4H3. The first-order chi connectivity index (χ1) is 7.49. The molecule has 1 rings (SSSR count). The van der Waals surface area contributed by atoms with E-state index < -0.39 is 6.10 Å². The molecule has 1 aromatic carbocycles. The van der Waals surface area contributed by atoms with E-state index in [4.69, 9.17) is 4.74 Å². The van der Waals surface area contributed by atoms with Gasteiger partial charge in [-0.05, 0) is 45.4 Å². The van der Waals surface area contributed by atoms with Gasteiger partial charge in [0.2, 0.25) is 0 Å². The van der Waals surface area contributed by atoms with Gasteiger partial charge in [-0.15, -0.1) is 0 Å². The number of aliphatic hydroxyl groups is 1. The van der Waals surface area contributed by atoms with E-state index >= 15 is 0 Å². The number of rotatable bonds is 4. The Kier molecular flexibility index (Phi) is 4.56. The summed E-state index contributed by atoms with van der Waals surface area (Å²) in [5, 5.41) is 9.85. The van der Waals surface area contributed by atoms with Gasteiger partial charge in [0.1, 0.15) is 5.75 Å². The van der Waals surface area contributed by atoms with E-state index in [0.29, 0.717) is 0 Å². The summed E-state index contributed by atoms with van der Waals surface area (Å²) >= 11 is 0. The molecule has 0 saturated carbocycles. The van der Waals surface area contributed by atoms with Gasteiger partial charge in [-0.2, -0.15) is 0 Å². The number of hydrogen-bond acceptors (Lipinski definition) is 2. The van der Waals surface area contributed by atoms with Crippen molar-refractivity contribution < 1.29 is 9.84 Å². The SMILES string of the molecule is CC(C)=CC(O)c1ccc(OC(C)C)cc1. The minimum atomic E-state index is -0.530. The van der Waals surface area contributed by atoms with E-state index in [2.05, 4.69) is 0 Å². The molecule has 0 radical (unpaired) electrons. The molecular formula is C14H20O2. The molecule has 1 atom stereocenters. The van der Waals surface area contributed by atoms with E-state index in [1.165, 1.54) is 0 Å². The summed E-state index contributed by atoms with van der Waals surface area (Å²) in [5.74, 6) is 0.836. The summed E-state index contributed by atoms with van der Waals surface area (Å²) in [5.41, 5.74) is 1.99. The maximum Gasteiger partial charge on any atom is 0.119 e. The molecule has 16 heavy (non-hydrogen) atoms. The van der Waals surface area contributed by atoms with Crippen LogP contribution in [0.4, 0.5) is 0 Å². The third-order valence-corrected chi connectivity index (χ3v) is 2.08. The lowest BCUT2D eigenvalue weighted by Crippen LogP contribution is -2.05. The van der Waals surface area contributed by atoms with Crippen molar-refractivity contribution >= 4 is 0 Å². The van der Waals surface area contributed by atoms with Gasteiger partial charge in [-0.25, -0.2) is 0 Å². The molecule has 2 nitrogen and oxygen atoms in total. The van der Waals surface area contributed by atoms with Gasteiger partial charge in [0.15, 0.2) is 0 Å². The molecule has 0 heterocycles. The van der Waals surface area contributed by atoms with Gasteiger partial charge in [-0.1, -0.05) is 23.8 Å². The Bertz CT molecular complexity index is 346. The zero-order valence-electron chi connectivity index (χ0n) is 10.4. The molecule has 0 aliphatic rings. The van der Waals surface area contributed by atoms with Crippen LogP contribution in [0.2, 0.25) is 0 Å².